The zero-order valence-electron chi connectivity index (χ0n) is 23.3. The summed E-state index contributed by atoms with van der Waals surface area (Å²) in [5, 5.41) is 3.16. The van der Waals surface area contributed by atoms with E-state index in [1.165, 1.54) is 11.1 Å². The van der Waals surface area contributed by atoms with E-state index in [2.05, 4.69) is 72.0 Å². The molecule has 6 heteroatoms. The minimum absolute atomic E-state index is 0.0303. The van der Waals surface area contributed by atoms with Gasteiger partial charge in [-0.15, -0.1) is 11.8 Å². The molecule has 0 aliphatic carbocycles. The van der Waals surface area contributed by atoms with Gasteiger partial charge in [-0.25, -0.2) is 0 Å². The fourth-order valence-electron chi connectivity index (χ4n) is 4.34. The summed E-state index contributed by atoms with van der Waals surface area (Å²) < 4.78 is 6.26. The lowest BCUT2D eigenvalue weighted by Crippen LogP contribution is -2.49. The number of carbonyl (C=O) groups is 2. The van der Waals surface area contributed by atoms with E-state index in [-0.39, 0.29) is 34.1 Å². The van der Waals surface area contributed by atoms with E-state index in [1.54, 1.807) is 16.7 Å². The predicted octanol–water partition coefficient (Wildman–Crippen LogP) is 6.43. The van der Waals surface area contributed by atoms with E-state index in [4.69, 9.17) is 4.74 Å². The van der Waals surface area contributed by atoms with Crippen molar-refractivity contribution in [3.05, 3.63) is 29.3 Å². The van der Waals surface area contributed by atoms with Crippen molar-refractivity contribution in [1.82, 2.24) is 10.2 Å². The molecule has 0 aromatic heterocycles. The first-order chi connectivity index (χ1) is 16.5. The Bertz CT molecular complexity index is 852. The summed E-state index contributed by atoms with van der Waals surface area (Å²) >= 11 is 1.71. The minimum atomic E-state index is -0.349. The number of nitrogens with one attached hydrogen (secondary N) is 1. The highest BCUT2D eigenvalue weighted by molar-refractivity contribution is 8.00. The van der Waals surface area contributed by atoms with Crippen molar-refractivity contribution >= 4 is 23.6 Å². The molecule has 2 rings (SSSR count). The Morgan fingerprint density at radius 2 is 1.74 bits per heavy atom. The van der Waals surface area contributed by atoms with Crippen LogP contribution < -0.4 is 10.1 Å². The van der Waals surface area contributed by atoms with Crippen LogP contribution in [0.1, 0.15) is 105 Å². The number of thioether (sulfide) groups is 1. The van der Waals surface area contributed by atoms with Gasteiger partial charge < -0.3 is 15.0 Å². The van der Waals surface area contributed by atoms with E-state index in [0.29, 0.717) is 25.3 Å². The number of unbranched alkanes of at least 4 members (excludes halogenated alkanes) is 1. The molecule has 5 nitrogen and oxygen atoms in total. The minimum Gasteiger partial charge on any atom is -0.493 e. The van der Waals surface area contributed by atoms with Gasteiger partial charge in [-0.05, 0) is 54.6 Å². The molecule has 1 fully saturated rings. The molecule has 1 aromatic rings. The average molecular weight is 505 g/mol. The topological polar surface area (TPSA) is 58.6 Å². The Morgan fingerprint density at radius 3 is 2.34 bits per heavy atom. The molecule has 0 saturated carbocycles. The second-order valence-electron chi connectivity index (χ2n) is 10.9. The first-order valence-corrected chi connectivity index (χ1v) is 14.6. The number of carbonyl (C=O) groups excluding carboxylic acids is 2. The molecule has 0 bridgehead atoms. The Morgan fingerprint density at radius 1 is 1.06 bits per heavy atom. The van der Waals surface area contributed by atoms with Crippen LogP contribution in [0.3, 0.4) is 0 Å². The third kappa shape index (κ3) is 7.41. The number of hydrogen-bond donors (Lipinski definition) is 1. The van der Waals surface area contributed by atoms with Gasteiger partial charge in [0.15, 0.2) is 0 Å². The molecule has 1 aromatic carbocycles. The Kier molecular flexibility index (Phi) is 11.0. The Hall–Kier alpha value is -1.69. The zero-order chi connectivity index (χ0) is 26.2. The lowest BCUT2D eigenvalue weighted by Gasteiger charge is -2.30. The highest BCUT2D eigenvalue weighted by Crippen LogP contribution is 2.38. The number of nitrogens with zero attached hydrogens (tertiary/aromatic N) is 1. The summed E-state index contributed by atoms with van der Waals surface area (Å²) in [6.07, 6.45) is 5.15. The smallest absolute Gasteiger partial charge is 0.243 e. The zero-order valence-corrected chi connectivity index (χ0v) is 24.1. The molecule has 1 aliphatic rings. The molecule has 0 spiro atoms. The van der Waals surface area contributed by atoms with Crippen molar-refractivity contribution in [1.29, 1.82) is 0 Å². The number of hydrogen-bond acceptors (Lipinski definition) is 4. The molecule has 2 atom stereocenters. The van der Waals surface area contributed by atoms with Crippen molar-refractivity contribution in [3.63, 3.8) is 0 Å². The van der Waals surface area contributed by atoms with E-state index in [1.807, 2.05) is 6.92 Å². The molecule has 1 saturated heterocycles. The van der Waals surface area contributed by atoms with Crippen molar-refractivity contribution in [3.8, 4) is 5.75 Å². The molecular formula is C29H48N2O3S. The van der Waals surface area contributed by atoms with Gasteiger partial charge in [0.2, 0.25) is 11.8 Å². The fraction of sp³-hybridized carbons (Fsp3) is 0.724. The Labute approximate surface area is 218 Å². The summed E-state index contributed by atoms with van der Waals surface area (Å²) in [6.45, 7) is 18.8. The summed E-state index contributed by atoms with van der Waals surface area (Å²) in [7, 11) is 0. The second kappa shape index (κ2) is 13.0. The average Bonchev–Trinajstić information content (AvgIpc) is 3.29. The standard InChI is InChI=1S/C29H48N2O3S/c1-9-25(32)31-23(20-35-26(31)10-2)27(33)30-17-13-14-18-34-24-16-15-21(28(5,6)11-3)19-22(24)29(7,8)12-4/h15-16,19,23,26H,9-14,17-18,20H2,1-8H3,(H,30,33). The number of benzene rings is 1. The normalized spacial score (nSPS) is 18.6. The van der Waals surface area contributed by atoms with Crippen LogP contribution in [0.4, 0.5) is 0 Å². The highest BCUT2D eigenvalue weighted by Gasteiger charge is 2.39. The van der Waals surface area contributed by atoms with Gasteiger partial charge in [0.1, 0.15) is 11.8 Å². The number of rotatable bonds is 13. The highest BCUT2D eigenvalue weighted by atomic mass is 32.2. The van der Waals surface area contributed by atoms with Gasteiger partial charge in [-0.1, -0.05) is 67.5 Å². The SMILES string of the molecule is CCC(=O)N1C(CC)SCC1C(=O)NCCCCOc1ccc(C(C)(C)CC)cc1C(C)(C)CC. The molecule has 2 amide bonds. The molecule has 198 valence electrons. The number of amides is 2. The summed E-state index contributed by atoms with van der Waals surface area (Å²) in [6, 6.07) is 6.34. The van der Waals surface area contributed by atoms with Gasteiger partial charge in [-0.2, -0.15) is 0 Å². The fourth-order valence-corrected chi connectivity index (χ4v) is 5.71. The predicted molar refractivity (Wildman–Crippen MR) is 148 cm³/mol. The van der Waals surface area contributed by atoms with Gasteiger partial charge in [0.05, 0.1) is 12.0 Å². The second-order valence-corrected chi connectivity index (χ2v) is 12.1. The van der Waals surface area contributed by atoms with Crippen LogP contribution in [0.15, 0.2) is 18.2 Å². The maximum Gasteiger partial charge on any atom is 0.243 e. The quantitative estimate of drug-likeness (QED) is 0.315. The van der Waals surface area contributed by atoms with Crippen LogP contribution in [0.25, 0.3) is 0 Å². The van der Waals surface area contributed by atoms with Crippen LogP contribution in [0.5, 0.6) is 5.75 Å². The molecule has 2 unspecified atom stereocenters. The molecular weight excluding hydrogens is 456 g/mol. The van der Waals surface area contributed by atoms with Crippen molar-refractivity contribution in [2.75, 3.05) is 18.9 Å². The monoisotopic (exact) mass is 504 g/mol. The first kappa shape index (κ1) is 29.5. The van der Waals surface area contributed by atoms with Gasteiger partial charge >= 0.3 is 0 Å². The van der Waals surface area contributed by atoms with Gasteiger partial charge in [0.25, 0.3) is 0 Å². The van der Waals surface area contributed by atoms with Crippen LogP contribution in [0, 0.1) is 0 Å². The summed E-state index contributed by atoms with van der Waals surface area (Å²) in [5.41, 5.74) is 2.82. The summed E-state index contributed by atoms with van der Waals surface area (Å²) in [4.78, 5) is 26.9. The van der Waals surface area contributed by atoms with E-state index >= 15 is 0 Å². The largest absolute Gasteiger partial charge is 0.493 e. The lowest BCUT2D eigenvalue weighted by molar-refractivity contribution is -0.139. The van der Waals surface area contributed by atoms with E-state index < -0.39 is 0 Å². The number of ether oxygens (including phenoxy) is 1. The molecule has 0 radical (unpaired) electrons. The molecule has 1 N–H and O–H groups in total. The lowest BCUT2D eigenvalue weighted by atomic mass is 9.76. The van der Waals surface area contributed by atoms with E-state index in [9.17, 15) is 9.59 Å². The maximum absolute atomic E-state index is 12.8. The van der Waals surface area contributed by atoms with E-state index in [0.717, 1.165) is 37.9 Å². The van der Waals surface area contributed by atoms with Gasteiger partial charge in [-0.3, -0.25) is 9.59 Å². The van der Waals surface area contributed by atoms with Crippen LogP contribution >= 0.6 is 11.8 Å². The first-order valence-electron chi connectivity index (χ1n) is 13.5. The molecule has 1 aliphatic heterocycles. The van der Waals surface area contributed by atoms with Crippen LogP contribution in [-0.2, 0) is 20.4 Å². The van der Waals surface area contributed by atoms with Crippen molar-refractivity contribution in [2.45, 2.75) is 116 Å². The third-order valence-electron chi connectivity index (χ3n) is 7.72. The van der Waals surface area contributed by atoms with Crippen LogP contribution in [0.2, 0.25) is 0 Å². The Balaban J connectivity index is 1.89. The molecule has 1 heterocycles. The third-order valence-corrected chi connectivity index (χ3v) is 9.17. The van der Waals surface area contributed by atoms with Crippen molar-refractivity contribution in [2.24, 2.45) is 0 Å². The van der Waals surface area contributed by atoms with Crippen molar-refractivity contribution < 1.29 is 14.3 Å². The molecule has 35 heavy (non-hydrogen) atoms. The van der Waals surface area contributed by atoms with Gasteiger partial charge in [0, 0.05) is 24.3 Å². The maximum atomic E-state index is 12.8. The summed E-state index contributed by atoms with van der Waals surface area (Å²) in [5.74, 6) is 1.69. The van der Waals surface area contributed by atoms with Crippen LogP contribution in [-0.4, -0.2) is 47.0 Å².